The zero-order valence-corrected chi connectivity index (χ0v) is 26.3. The number of aliphatic hydroxyl groups excluding tert-OH is 1. The van der Waals surface area contributed by atoms with Crippen LogP contribution in [0.5, 0.6) is 0 Å². The summed E-state index contributed by atoms with van der Waals surface area (Å²) in [7, 11) is 0. The van der Waals surface area contributed by atoms with E-state index in [0.29, 0.717) is 6.61 Å². The van der Waals surface area contributed by atoms with E-state index in [9.17, 15) is 4.79 Å². The second-order valence-corrected chi connectivity index (χ2v) is 14.1. The van der Waals surface area contributed by atoms with Crippen LogP contribution >= 0.6 is 0 Å². The molecule has 230 valence electrons. The van der Waals surface area contributed by atoms with Gasteiger partial charge in [0.15, 0.2) is 0 Å². The standard InChI is InChI=1S/C38H60O3/c1-3-4-5-7-30-11-19-34(20-12-30)36-23-15-32(16-24-36)9-10-33-17-25-37(26-18-33)35-21-13-31(14-22-35)8-6-27-41-38(40)29(2)28-39/h13-14,21-22,30,32-34,36-37,39H,2-12,15-20,23-28H2,1H3. The van der Waals surface area contributed by atoms with Crippen LogP contribution < -0.4 is 0 Å². The van der Waals surface area contributed by atoms with Crippen molar-refractivity contribution in [2.24, 2.45) is 29.6 Å². The first kappa shape index (κ1) is 32.3. The van der Waals surface area contributed by atoms with Gasteiger partial charge < -0.3 is 9.84 Å². The Kier molecular flexibility index (Phi) is 13.8. The predicted molar refractivity (Wildman–Crippen MR) is 171 cm³/mol. The monoisotopic (exact) mass is 564 g/mol. The van der Waals surface area contributed by atoms with Crippen LogP contribution in [-0.4, -0.2) is 24.3 Å². The largest absolute Gasteiger partial charge is 0.462 e. The quantitative estimate of drug-likeness (QED) is 0.131. The summed E-state index contributed by atoms with van der Waals surface area (Å²) in [6.45, 7) is 5.85. The van der Waals surface area contributed by atoms with Crippen LogP contribution in [0.4, 0.5) is 0 Å². The molecule has 3 heteroatoms. The molecule has 0 bridgehead atoms. The normalized spacial score (nSPS) is 28.7. The Labute approximate surface area is 251 Å². The number of carbonyl (C=O) groups is 1. The minimum absolute atomic E-state index is 0.118. The van der Waals surface area contributed by atoms with Crippen LogP contribution in [-0.2, 0) is 16.0 Å². The molecule has 1 N–H and O–H groups in total. The van der Waals surface area contributed by atoms with Crippen molar-refractivity contribution < 1.29 is 14.6 Å². The number of hydrogen-bond acceptors (Lipinski definition) is 3. The van der Waals surface area contributed by atoms with E-state index >= 15 is 0 Å². The summed E-state index contributed by atoms with van der Waals surface area (Å²) in [5, 5.41) is 8.94. The summed E-state index contributed by atoms with van der Waals surface area (Å²) in [6.07, 6.45) is 28.2. The summed E-state index contributed by atoms with van der Waals surface area (Å²) < 4.78 is 5.15. The molecule has 1 aromatic carbocycles. The van der Waals surface area contributed by atoms with E-state index in [2.05, 4.69) is 37.8 Å². The molecular formula is C38H60O3. The molecule has 41 heavy (non-hydrogen) atoms. The maximum absolute atomic E-state index is 11.6. The Hall–Kier alpha value is -1.61. The zero-order valence-electron chi connectivity index (χ0n) is 26.3. The summed E-state index contributed by atoms with van der Waals surface area (Å²) in [5.74, 6) is 5.37. The third kappa shape index (κ3) is 10.6. The molecule has 3 nitrogen and oxygen atoms in total. The summed E-state index contributed by atoms with van der Waals surface area (Å²) >= 11 is 0. The highest BCUT2D eigenvalue weighted by Gasteiger charge is 2.31. The van der Waals surface area contributed by atoms with Crippen molar-refractivity contribution in [3.8, 4) is 0 Å². The Balaban J connectivity index is 1.06. The Bertz CT molecular complexity index is 881. The maximum atomic E-state index is 11.6. The number of carbonyl (C=O) groups excluding carboxylic acids is 1. The topological polar surface area (TPSA) is 46.5 Å². The molecule has 0 saturated heterocycles. The average molecular weight is 565 g/mol. The van der Waals surface area contributed by atoms with Crippen LogP contribution in [0.1, 0.15) is 146 Å². The van der Waals surface area contributed by atoms with Gasteiger partial charge in [-0.1, -0.05) is 102 Å². The number of rotatable bonds is 15. The second-order valence-electron chi connectivity index (χ2n) is 14.1. The van der Waals surface area contributed by atoms with E-state index in [0.717, 1.165) is 48.3 Å². The number of hydrogen-bond donors (Lipinski definition) is 1. The number of ether oxygens (including phenoxy) is 1. The average Bonchev–Trinajstić information content (AvgIpc) is 3.03. The Morgan fingerprint density at radius 2 is 1.29 bits per heavy atom. The van der Waals surface area contributed by atoms with Gasteiger partial charge in [-0.3, -0.25) is 0 Å². The molecule has 3 saturated carbocycles. The van der Waals surface area contributed by atoms with E-state index in [4.69, 9.17) is 9.84 Å². The maximum Gasteiger partial charge on any atom is 0.335 e. The molecule has 0 heterocycles. The molecule has 4 rings (SSSR count). The molecular weight excluding hydrogens is 504 g/mol. The van der Waals surface area contributed by atoms with Crippen molar-refractivity contribution in [3.05, 3.63) is 47.5 Å². The predicted octanol–water partition coefficient (Wildman–Crippen LogP) is 9.96. The highest BCUT2D eigenvalue weighted by molar-refractivity contribution is 5.87. The lowest BCUT2D eigenvalue weighted by atomic mass is 9.67. The molecule has 3 aliphatic carbocycles. The molecule has 0 unspecified atom stereocenters. The van der Waals surface area contributed by atoms with Gasteiger partial charge in [-0.05, 0) is 111 Å². The van der Waals surface area contributed by atoms with Gasteiger partial charge in [0.25, 0.3) is 0 Å². The fraction of sp³-hybridized carbons (Fsp3) is 0.763. The van der Waals surface area contributed by atoms with Gasteiger partial charge in [0, 0.05) is 0 Å². The van der Waals surface area contributed by atoms with Crippen LogP contribution in [0.3, 0.4) is 0 Å². The van der Waals surface area contributed by atoms with Gasteiger partial charge in [-0.25, -0.2) is 4.79 Å². The minimum Gasteiger partial charge on any atom is -0.462 e. The van der Waals surface area contributed by atoms with Crippen molar-refractivity contribution in [1.29, 1.82) is 0 Å². The highest BCUT2D eigenvalue weighted by Crippen LogP contribution is 2.44. The number of aryl methyl sites for hydroxylation is 1. The van der Waals surface area contributed by atoms with Gasteiger partial charge in [0.2, 0.25) is 0 Å². The van der Waals surface area contributed by atoms with Crippen molar-refractivity contribution >= 4 is 5.97 Å². The zero-order chi connectivity index (χ0) is 28.9. The fourth-order valence-corrected chi connectivity index (χ4v) is 8.40. The molecule has 3 aliphatic rings. The summed E-state index contributed by atoms with van der Waals surface area (Å²) in [5.41, 5.74) is 2.92. The molecule has 1 aromatic rings. The number of esters is 1. The lowest BCUT2D eigenvalue weighted by molar-refractivity contribution is -0.139. The summed E-state index contributed by atoms with van der Waals surface area (Å²) in [4.78, 5) is 11.6. The van der Waals surface area contributed by atoms with E-state index < -0.39 is 5.97 Å². The minimum atomic E-state index is -0.494. The van der Waals surface area contributed by atoms with E-state index in [1.807, 2.05) is 0 Å². The van der Waals surface area contributed by atoms with Gasteiger partial charge >= 0.3 is 5.97 Å². The van der Waals surface area contributed by atoms with Gasteiger partial charge in [-0.2, -0.15) is 0 Å². The third-order valence-corrected chi connectivity index (χ3v) is 11.3. The molecule has 0 radical (unpaired) electrons. The van der Waals surface area contributed by atoms with Gasteiger partial charge in [0.1, 0.15) is 0 Å². The molecule has 0 amide bonds. The van der Waals surface area contributed by atoms with Gasteiger partial charge in [-0.15, -0.1) is 0 Å². The van der Waals surface area contributed by atoms with Gasteiger partial charge in [0.05, 0.1) is 18.8 Å². The van der Waals surface area contributed by atoms with E-state index in [1.165, 1.54) is 127 Å². The molecule has 0 atom stereocenters. The molecule has 0 spiro atoms. The first-order chi connectivity index (χ1) is 20.1. The van der Waals surface area contributed by atoms with Crippen LogP contribution in [0.2, 0.25) is 0 Å². The molecule has 0 aromatic heterocycles. The first-order valence-corrected chi connectivity index (χ1v) is 17.6. The molecule has 0 aliphatic heterocycles. The van der Waals surface area contributed by atoms with E-state index in [-0.39, 0.29) is 12.2 Å². The van der Waals surface area contributed by atoms with Crippen LogP contribution in [0.15, 0.2) is 36.4 Å². The summed E-state index contributed by atoms with van der Waals surface area (Å²) in [6, 6.07) is 9.17. The van der Waals surface area contributed by atoms with Crippen LogP contribution in [0.25, 0.3) is 0 Å². The van der Waals surface area contributed by atoms with Crippen molar-refractivity contribution in [2.45, 2.75) is 141 Å². The van der Waals surface area contributed by atoms with E-state index in [1.54, 1.807) is 0 Å². The first-order valence-electron chi connectivity index (χ1n) is 17.6. The van der Waals surface area contributed by atoms with Crippen LogP contribution in [0, 0.1) is 29.6 Å². The van der Waals surface area contributed by atoms with Crippen molar-refractivity contribution in [3.63, 3.8) is 0 Å². The van der Waals surface area contributed by atoms with Crippen molar-refractivity contribution in [2.75, 3.05) is 13.2 Å². The lowest BCUT2D eigenvalue weighted by Crippen LogP contribution is -2.26. The SMILES string of the molecule is C=C(CO)C(=O)OCCCc1ccc(C2CCC(CCC3CCC(C4CCC(CCCCC)CC4)CC3)CC2)cc1. The lowest BCUT2D eigenvalue weighted by Gasteiger charge is -2.38. The highest BCUT2D eigenvalue weighted by atomic mass is 16.5. The Morgan fingerprint density at radius 1 is 0.756 bits per heavy atom. The molecule has 3 fully saturated rings. The Morgan fingerprint density at radius 3 is 1.83 bits per heavy atom. The number of benzene rings is 1. The third-order valence-electron chi connectivity index (χ3n) is 11.3. The van der Waals surface area contributed by atoms with Crippen molar-refractivity contribution in [1.82, 2.24) is 0 Å². The second kappa shape index (κ2) is 17.5. The fourth-order valence-electron chi connectivity index (χ4n) is 8.40. The number of aliphatic hydroxyl groups is 1. The number of unbranched alkanes of at least 4 members (excludes halogenated alkanes) is 2. The smallest absolute Gasteiger partial charge is 0.335 e.